The Balaban J connectivity index is 1.99. The van der Waals surface area contributed by atoms with Gasteiger partial charge in [0.2, 0.25) is 10.0 Å². The smallest absolute Gasteiger partial charge is 0.357 e. The van der Waals surface area contributed by atoms with E-state index in [-0.39, 0.29) is 18.0 Å². The van der Waals surface area contributed by atoms with Gasteiger partial charge in [-0.25, -0.2) is 13.1 Å². The molecule has 11 heteroatoms. The normalized spacial score (nSPS) is 13.7. The minimum atomic E-state index is -4.42. The van der Waals surface area contributed by atoms with Crippen molar-refractivity contribution in [3.05, 3.63) is 59.9 Å². The molecule has 0 aliphatic heterocycles. The molecule has 0 aliphatic carbocycles. The molecule has 0 radical (unpaired) electrons. The summed E-state index contributed by atoms with van der Waals surface area (Å²) in [6.07, 6.45) is -1.70. The van der Waals surface area contributed by atoms with Crippen LogP contribution in [0.4, 0.5) is 13.2 Å². The molecule has 1 aromatic heterocycles. The summed E-state index contributed by atoms with van der Waals surface area (Å²) >= 11 is 0. The van der Waals surface area contributed by atoms with Crippen LogP contribution in [0.1, 0.15) is 31.0 Å². The zero-order chi connectivity index (χ0) is 22.2. The molecule has 2 rings (SSSR count). The predicted octanol–water partition coefficient (Wildman–Crippen LogP) is 2.70. The number of hydrogen-bond acceptors (Lipinski definition) is 4. The van der Waals surface area contributed by atoms with Crippen LogP contribution in [-0.4, -0.2) is 39.0 Å². The van der Waals surface area contributed by atoms with Crippen LogP contribution in [0, 0.1) is 0 Å². The number of pyridine rings is 1. The molecule has 3 N–H and O–H groups in total. The Morgan fingerprint density at radius 2 is 2.00 bits per heavy atom. The van der Waals surface area contributed by atoms with Crippen molar-refractivity contribution in [1.82, 2.24) is 20.3 Å². The van der Waals surface area contributed by atoms with Crippen LogP contribution in [0.5, 0.6) is 0 Å². The molecular formula is C19H24F3N5O2S. The number of rotatable bonds is 8. The van der Waals surface area contributed by atoms with Gasteiger partial charge in [-0.3, -0.25) is 9.98 Å². The van der Waals surface area contributed by atoms with Gasteiger partial charge in [0.25, 0.3) is 0 Å². The molecule has 1 heterocycles. The van der Waals surface area contributed by atoms with E-state index in [1.807, 2.05) is 6.92 Å². The molecule has 2 aromatic rings. The molecule has 0 amide bonds. The molecule has 0 aliphatic rings. The highest BCUT2D eigenvalue weighted by Gasteiger charge is 2.30. The molecule has 0 bridgehead atoms. The maximum absolute atomic E-state index is 12.9. The molecule has 0 spiro atoms. The van der Waals surface area contributed by atoms with Crippen molar-refractivity contribution in [2.24, 2.45) is 4.99 Å². The molecular weight excluding hydrogens is 419 g/mol. The minimum Gasteiger partial charge on any atom is -0.357 e. The first-order valence-electron chi connectivity index (χ1n) is 9.25. The summed E-state index contributed by atoms with van der Waals surface area (Å²) in [7, 11) is -3.68. The van der Waals surface area contributed by atoms with E-state index < -0.39 is 27.8 Å². The monoisotopic (exact) mass is 443 g/mol. The number of halogens is 3. The van der Waals surface area contributed by atoms with E-state index in [2.05, 4.69) is 25.3 Å². The molecule has 164 valence electrons. The second kappa shape index (κ2) is 10.4. The Kier molecular flexibility index (Phi) is 8.18. The van der Waals surface area contributed by atoms with Gasteiger partial charge in [0, 0.05) is 25.5 Å². The Morgan fingerprint density at radius 1 is 1.23 bits per heavy atom. The lowest BCUT2D eigenvalue weighted by atomic mass is 10.1. The quantitative estimate of drug-likeness (QED) is 0.331. The van der Waals surface area contributed by atoms with E-state index in [0.717, 1.165) is 12.1 Å². The molecule has 30 heavy (non-hydrogen) atoms. The molecule has 0 saturated carbocycles. The minimum absolute atomic E-state index is 0.0474. The van der Waals surface area contributed by atoms with Crippen LogP contribution < -0.4 is 15.4 Å². The van der Waals surface area contributed by atoms with Gasteiger partial charge in [0.05, 0.1) is 18.2 Å². The van der Waals surface area contributed by atoms with Crippen molar-refractivity contribution < 1.29 is 21.6 Å². The van der Waals surface area contributed by atoms with E-state index in [1.165, 1.54) is 30.6 Å². The van der Waals surface area contributed by atoms with E-state index in [4.69, 9.17) is 0 Å². The Hall–Kier alpha value is -2.66. The van der Waals surface area contributed by atoms with Crippen molar-refractivity contribution >= 4 is 16.0 Å². The number of benzene rings is 1. The van der Waals surface area contributed by atoms with Crippen LogP contribution in [-0.2, 0) is 16.2 Å². The number of guanidine groups is 1. The molecule has 1 aromatic carbocycles. The fraction of sp³-hybridized carbons (Fsp3) is 0.368. The van der Waals surface area contributed by atoms with Crippen LogP contribution in [0.3, 0.4) is 0 Å². The third kappa shape index (κ3) is 6.99. The number of aromatic nitrogens is 1. The second-order valence-electron chi connectivity index (χ2n) is 6.34. The van der Waals surface area contributed by atoms with Crippen molar-refractivity contribution in [1.29, 1.82) is 0 Å². The maximum Gasteiger partial charge on any atom is 0.416 e. The second-order valence-corrected chi connectivity index (χ2v) is 8.10. The Bertz CT molecular complexity index is 950. The fourth-order valence-corrected chi connectivity index (χ4v) is 3.51. The lowest BCUT2D eigenvalue weighted by Gasteiger charge is -2.19. The predicted molar refractivity (Wildman–Crippen MR) is 108 cm³/mol. The van der Waals surface area contributed by atoms with E-state index >= 15 is 0 Å². The number of nitrogens with zero attached hydrogens (tertiary/aromatic N) is 2. The first kappa shape index (κ1) is 23.6. The average Bonchev–Trinajstić information content (AvgIpc) is 2.71. The molecule has 1 unspecified atom stereocenters. The first-order chi connectivity index (χ1) is 14.1. The standard InChI is InChI=1S/C19H24F3N5O2S/c1-3-24-18(25-10-11-26-30(28,29)17-8-5-9-23-13-17)27-14(2)15-6-4-7-16(12-15)19(20,21)22/h4-9,12-14,26H,3,10-11H2,1-2H3,(H2,24,25,27). The molecule has 0 saturated heterocycles. The summed E-state index contributed by atoms with van der Waals surface area (Å²) < 4.78 is 65.5. The first-order valence-corrected chi connectivity index (χ1v) is 10.7. The van der Waals surface area contributed by atoms with E-state index in [1.54, 1.807) is 13.0 Å². The zero-order valence-electron chi connectivity index (χ0n) is 16.6. The van der Waals surface area contributed by atoms with Gasteiger partial charge in [-0.2, -0.15) is 13.2 Å². The zero-order valence-corrected chi connectivity index (χ0v) is 17.4. The van der Waals surface area contributed by atoms with Gasteiger partial charge >= 0.3 is 6.18 Å². The fourth-order valence-electron chi connectivity index (χ4n) is 2.53. The van der Waals surface area contributed by atoms with Gasteiger partial charge in [0.1, 0.15) is 4.90 Å². The molecule has 1 atom stereocenters. The van der Waals surface area contributed by atoms with Crippen molar-refractivity contribution in [3.8, 4) is 0 Å². The van der Waals surface area contributed by atoms with Gasteiger partial charge in [0.15, 0.2) is 5.96 Å². The SMILES string of the molecule is CCNC(=NCCNS(=O)(=O)c1cccnc1)NC(C)c1cccc(C(F)(F)F)c1. The van der Waals surface area contributed by atoms with Crippen LogP contribution in [0.15, 0.2) is 58.7 Å². The molecule has 7 nitrogen and oxygen atoms in total. The third-order valence-electron chi connectivity index (χ3n) is 4.03. The van der Waals surface area contributed by atoms with Gasteiger partial charge < -0.3 is 10.6 Å². The maximum atomic E-state index is 12.9. The highest BCUT2D eigenvalue weighted by molar-refractivity contribution is 7.89. The van der Waals surface area contributed by atoms with E-state index in [9.17, 15) is 21.6 Å². The van der Waals surface area contributed by atoms with Crippen molar-refractivity contribution in [3.63, 3.8) is 0 Å². The number of aliphatic imine (C=N–C) groups is 1. The number of sulfonamides is 1. The topological polar surface area (TPSA) is 95.5 Å². The van der Waals surface area contributed by atoms with Crippen LogP contribution in [0.2, 0.25) is 0 Å². The Labute approximate surface area is 173 Å². The van der Waals surface area contributed by atoms with Gasteiger partial charge in [-0.1, -0.05) is 12.1 Å². The number of alkyl halides is 3. The molecule has 0 fully saturated rings. The van der Waals surface area contributed by atoms with Gasteiger partial charge in [-0.05, 0) is 43.7 Å². The summed E-state index contributed by atoms with van der Waals surface area (Å²) in [6, 6.07) is 7.56. The van der Waals surface area contributed by atoms with Gasteiger partial charge in [-0.15, -0.1) is 0 Å². The van der Waals surface area contributed by atoms with Crippen molar-refractivity contribution in [2.75, 3.05) is 19.6 Å². The lowest BCUT2D eigenvalue weighted by Crippen LogP contribution is -2.39. The summed E-state index contributed by atoms with van der Waals surface area (Å²) in [6.45, 7) is 4.27. The number of nitrogens with one attached hydrogen (secondary N) is 3. The van der Waals surface area contributed by atoms with Crippen molar-refractivity contribution in [2.45, 2.75) is 31.0 Å². The summed E-state index contributed by atoms with van der Waals surface area (Å²) in [5.74, 6) is 0.364. The summed E-state index contributed by atoms with van der Waals surface area (Å²) in [5.41, 5.74) is -0.270. The Morgan fingerprint density at radius 3 is 2.63 bits per heavy atom. The third-order valence-corrected chi connectivity index (χ3v) is 5.48. The van der Waals surface area contributed by atoms with Crippen LogP contribution in [0.25, 0.3) is 0 Å². The highest BCUT2D eigenvalue weighted by Crippen LogP contribution is 2.30. The largest absolute Gasteiger partial charge is 0.416 e. The summed E-state index contributed by atoms with van der Waals surface area (Å²) in [4.78, 5) is 8.11. The average molecular weight is 443 g/mol. The highest BCUT2D eigenvalue weighted by atomic mass is 32.2. The lowest BCUT2D eigenvalue weighted by molar-refractivity contribution is -0.137. The number of hydrogen-bond donors (Lipinski definition) is 3. The van der Waals surface area contributed by atoms with Crippen LogP contribution >= 0.6 is 0 Å². The van der Waals surface area contributed by atoms with E-state index in [0.29, 0.717) is 18.1 Å². The summed E-state index contributed by atoms with van der Waals surface area (Å²) in [5, 5.41) is 6.01.